The van der Waals surface area contributed by atoms with E-state index in [1.807, 2.05) is 54.6 Å². The fourth-order valence-electron chi connectivity index (χ4n) is 6.12. The number of aliphatic carboxylic acids is 1. The maximum absolute atomic E-state index is 13.5. The average molecular weight is 571 g/mol. The second-order valence-electron chi connectivity index (χ2n) is 11.1. The highest BCUT2D eigenvalue weighted by molar-refractivity contribution is 5.86. The number of alkyl carbamates (subject to hydrolysis) is 1. The molecule has 0 unspecified atom stereocenters. The molecule has 0 bridgehead atoms. The largest absolute Gasteiger partial charge is 0.480 e. The molecular formula is C34H38N2O6. The van der Waals surface area contributed by atoms with Gasteiger partial charge >= 0.3 is 12.1 Å². The van der Waals surface area contributed by atoms with Crippen LogP contribution in [0.2, 0.25) is 0 Å². The fraction of sp³-hybridized carbons (Fsp3) is 0.382. The maximum Gasteiger partial charge on any atom is 0.407 e. The zero-order valence-corrected chi connectivity index (χ0v) is 23.8. The van der Waals surface area contributed by atoms with Crippen molar-refractivity contribution < 1.29 is 29.0 Å². The van der Waals surface area contributed by atoms with E-state index in [9.17, 15) is 19.5 Å². The maximum atomic E-state index is 13.5. The third-order valence-electron chi connectivity index (χ3n) is 8.39. The number of hydrogen-bond acceptors (Lipinski definition) is 5. The van der Waals surface area contributed by atoms with Crippen LogP contribution in [-0.2, 0) is 25.7 Å². The Kier molecular flexibility index (Phi) is 9.54. The van der Waals surface area contributed by atoms with Crippen LogP contribution in [0.4, 0.5) is 4.79 Å². The molecule has 0 heterocycles. The summed E-state index contributed by atoms with van der Waals surface area (Å²) in [5.74, 6) is -2.21. The summed E-state index contributed by atoms with van der Waals surface area (Å²) in [6.45, 7) is 2.05. The Bertz CT molecular complexity index is 1350. The van der Waals surface area contributed by atoms with E-state index in [1.54, 1.807) is 6.92 Å². The first kappa shape index (κ1) is 29.3. The smallest absolute Gasteiger partial charge is 0.407 e. The van der Waals surface area contributed by atoms with Gasteiger partial charge in [-0.3, -0.25) is 4.79 Å². The zero-order valence-electron chi connectivity index (χ0n) is 23.8. The lowest BCUT2D eigenvalue weighted by atomic mass is 9.93. The molecule has 0 aromatic heterocycles. The summed E-state index contributed by atoms with van der Waals surface area (Å²) in [5.41, 5.74) is 5.47. The van der Waals surface area contributed by atoms with E-state index in [0.717, 1.165) is 47.1 Å². The summed E-state index contributed by atoms with van der Waals surface area (Å²) in [6, 6.07) is 24.1. The van der Waals surface area contributed by atoms with E-state index in [1.165, 1.54) is 0 Å². The number of nitrogens with one attached hydrogen (secondary N) is 2. The van der Waals surface area contributed by atoms with Crippen molar-refractivity contribution in [1.82, 2.24) is 10.6 Å². The van der Waals surface area contributed by atoms with Crippen LogP contribution in [0, 0.1) is 5.92 Å². The van der Waals surface area contributed by atoms with E-state index >= 15 is 0 Å². The zero-order chi connectivity index (χ0) is 29.5. The predicted molar refractivity (Wildman–Crippen MR) is 159 cm³/mol. The Morgan fingerprint density at radius 1 is 0.857 bits per heavy atom. The molecule has 2 aliphatic carbocycles. The summed E-state index contributed by atoms with van der Waals surface area (Å²) in [5, 5.41) is 15.5. The Morgan fingerprint density at radius 3 is 2.14 bits per heavy atom. The number of carboxylic acid groups (broad SMARTS) is 1. The molecule has 0 aliphatic heterocycles. The lowest BCUT2D eigenvalue weighted by molar-refractivity contribution is -0.147. The summed E-state index contributed by atoms with van der Waals surface area (Å²) in [6.07, 6.45) is 2.44. The van der Waals surface area contributed by atoms with Gasteiger partial charge in [-0.15, -0.1) is 0 Å². The quantitative estimate of drug-likeness (QED) is 0.272. The number of carbonyl (C=O) groups is 3. The highest BCUT2D eigenvalue weighted by Crippen LogP contribution is 2.44. The predicted octanol–water partition coefficient (Wildman–Crippen LogP) is 5.65. The molecule has 2 aliphatic rings. The third-order valence-corrected chi connectivity index (χ3v) is 8.39. The number of rotatable bonds is 10. The van der Waals surface area contributed by atoms with Crippen LogP contribution in [0.15, 0.2) is 78.9 Å². The SMILES string of the molecule is C[C@@H](OCc1ccccc1)[C@H](NC(=O)[C@H]1CCCCC[C@H]1NC(=O)OCC1c2ccccc2-c2ccccc21)C(=O)O. The first-order valence-corrected chi connectivity index (χ1v) is 14.7. The van der Waals surface area contributed by atoms with Gasteiger partial charge in [0.05, 0.1) is 18.6 Å². The monoisotopic (exact) mass is 570 g/mol. The summed E-state index contributed by atoms with van der Waals surface area (Å²) in [4.78, 5) is 38.6. The number of fused-ring (bicyclic) bond motifs is 3. The number of hydrogen-bond donors (Lipinski definition) is 3. The van der Waals surface area contributed by atoms with Crippen LogP contribution in [0.25, 0.3) is 11.1 Å². The Hall–Kier alpha value is -4.17. The molecule has 42 heavy (non-hydrogen) atoms. The minimum absolute atomic E-state index is 0.0647. The molecule has 3 aromatic rings. The highest BCUT2D eigenvalue weighted by Gasteiger charge is 2.36. The van der Waals surface area contributed by atoms with Gasteiger partial charge in [-0.05, 0) is 47.6 Å². The van der Waals surface area contributed by atoms with Crippen LogP contribution in [0.3, 0.4) is 0 Å². The van der Waals surface area contributed by atoms with Crippen molar-refractivity contribution in [3.8, 4) is 11.1 Å². The van der Waals surface area contributed by atoms with Gasteiger partial charge in [0.2, 0.25) is 5.91 Å². The van der Waals surface area contributed by atoms with E-state index in [0.29, 0.717) is 12.8 Å². The molecular weight excluding hydrogens is 532 g/mol. The summed E-state index contributed by atoms with van der Waals surface area (Å²) in [7, 11) is 0. The molecule has 8 nitrogen and oxygen atoms in total. The number of ether oxygens (including phenoxy) is 2. The van der Waals surface area contributed by atoms with E-state index in [4.69, 9.17) is 9.47 Å². The van der Waals surface area contributed by atoms with Crippen molar-refractivity contribution in [1.29, 1.82) is 0 Å². The van der Waals surface area contributed by atoms with E-state index in [-0.39, 0.29) is 19.1 Å². The highest BCUT2D eigenvalue weighted by atomic mass is 16.5. The van der Waals surface area contributed by atoms with Gasteiger partial charge in [-0.25, -0.2) is 9.59 Å². The van der Waals surface area contributed by atoms with Crippen LogP contribution < -0.4 is 10.6 Å². The number of carbonyl (C=O) groups excluding carboxylic acids is 2. The minimum atomic E-state index is -1.22. The second-order valence-corrected chi connectivity index (χ2v) is 11.1. The van der Waals surface area contributed by atoms with Crippen molar-refractivity contribution in [2.45, 2.75) is 69.7 Å². The van der Waals surface area contributed by atoms with Gasteiger partial charge < -0.3 is 25.2 Å². The molecule has 4 atom stereocenters. The van der Waals surface area contributed by atoms with Crippen molar-refractivity contribution in [2.75, 3.05) is 6.61 Å². The van der Waals surface area contributed by atoms with Gasteiger partial charge in [-0.1, -0.05) is 98.1 Å². The van der Waals surface area contributed by atoms with Crippen molar-refractivity contribution in [3.05, 3.63) is 95.6 Å². The summed E-state index contributed by atoms with van der Waals surface area (Å²) < 4.78 is 11.5. The van der Waals surface area contributed by atoms with Gasteiger partial charge in [-0.2, -0.15) is 0 Å². The second kappa shape index (κ2) is 13.7. The van der Waals surface area contributed by atoms with Crippen LogP contribution in [-0.4, -0.2) is 47.9 Å². The Morgan fingerprint density at radius 2 is 1.48 bits per heavy atom. The number of amides is 2. The van der Waals surface area contributed by atoms with Gasteiger partial charge in [0, 0.05) is 12.0 Å². The van der Waals surface area contributed by atoms with E-state index in [2.05, 4.69) is 34.9 Å². The summed E-state index contributed by atoms with van der Waals surface area (Å²) >= 11 is 0. The van der Waals surface area contributed by atoms with Crippen LogP contribution >= 0.6 is 0 Å². The molecule has 3 aromatic carbocycles. The third kappa shape index (κ3) is 6.82. The molecule has 8 heteroatoms. The molecule has 220 valence electrons. The molecule has 0 radical (unpaired) electrons. The standard InChI is InChI=1S/C34H38N2O6/c1-22(41-20-23-12-4-2-5-13-23)31(33(38)39)36-32(37)28-18-6-3-7-19-30(28)35-34(40)42-21-29-26-16-10-8-14-24(26)25-15-9-11-17-27(25)29/h2,4-5,8-17,22,28-31H,3,6-7,18-21H2,1H3,(H,35,40)(H,36,37)(H,38,39)/t22-,28+,30-,31+/m1/s1. The number of benzene rings is 3. The topological polar surface area (TPSA) is 114 Å². The normalized spacial score (nSPS) is 19.5. The first-order valence-electron chi connectivity index (χ1n) is 14.7. The lowest BCUT2D eigenvalue weighted by Gasteiger charge is -2.28. The Balaban J connectivity index is 1.20. The molecule has 0 spiro atoms. The van der Waals surface area contributed by atoms with E-state index < -0.39 is 42.1 Å². The first-order chi connectivity index (χ1) is 20.4. The minimum Gasteiger partial charge on any atom is -0.480 e. The Labute approximate surface area is 246 Å². The van der Waals surface area contributed by atoms with Gasteiger partial charge in [0.15, 0.2) is 6.04 Å². The number of carboxylic acids is 1. The van der Waals surface area contributed by atoms with Crippen LogP contribution in [0.5, 0.6) is 0 Å². The molecule has 3 N–H and O–H groups in total. The van der Waals surface area contributed by atoms with Crippen molar-refractivity contribution >= 4 is 18.0 Å². The van der Waals surface area contributed by atoms with Gasteiger partial charge in [0.1, 0.15) is 6.61 Å². The molecule has 1 fully saturated rings. The lowest BCUT2D eigenvalue weighted by Crippen LogP contribution is -2.54. The molecule has 5 rings (SSSR count). The fourth-order valence-corrected chi connectivity index (χ4v) is 6.12. The van der Waals surface area contributed by atoms with Crippen LogP contribution in [0.1, 0.15) is 61.6 Å². The molecule has 1 saturated carbocycles. The van der Waals surface area contributed by atoms with Crippen molar-refractivity contribution in [3.63, 3.8) is 0 Å². The molecule has 0 saturated heterocycles. The van der Waals surface area contributed by atoms with Crippen molar-refractivity contribution in [2.24, 2.45) is 5.92 Å². The average Bonchev–Trinajstić information content (AvgIpc) is 3.13. The van der Waals surface area contributed by atoms with Gasteiger partial charge in [0.25, 0.3) is 0 Å². The molecule has 2 amide bonds.